The van der Waals surface area contributed by atoms with Crippen LogP contribution in [0.4, 0.5) is 0 Å². The molecule has 3 rings (SSSR count). The molecule has 0 bridgehead atoms. The van der Waals surface area contributed by atoms with Crippen LogP contribution in [0, 0.1) is 6.92 Å². The Morgan fingerprint density at radius 3 is 2.31 bits per heavy atom. The molecule has 0 unspecified atom stereocenters. The summed E-state index contributed by atoms with van der Waals surface area (Å²) in [6, 6.07) is 9.93. The summed E-state index contributed by atoms with van der Waals surface area (Å²) in [6.45, 7) is 2.09. The van der Waals surface area contributed by atoms with Crippen molar-refractivity contribution in [2.75, 3.05) is 14.2 Å². The van der Waals surface area contributed by atoms with Crippen molar-refractivity contribution in [1.82, 2.24) is 0 Å². The van der Waals surface area contributed by atoms with Gasteiger partial charge in [-0.05, 0) is 30.7 Å². The summed E-state index contributed by atoms with van der Waals surface area (Å²) in [6.07, 6.45) is 0. The number of phenols is 1. The zero-order chi connectivity index (χ0) is 19.3. The minimum Gasteiger partial charge on any atom is -0.506 e. The number of benzene rings is 2. The van der Waals surface area contributed by atoms with E-state index in [1.165, 1.54) is 19.2 Å². The van der Waals surface area contributed by atoms with E-state index in [0.717, 1.165) is 5.56 Å². The fourth-order valence-corrected chi connectivity index (χ4v) is 2.57. The molecule has 7 heteroatoms. The third kappa shape index (κ3) is 3.97. The summed E-state index contributed by atoms with van der Waals surface area (Å²) >= 11 is 5.89. The first-order chi connectivity index (χ1) is 12.4. The minimum atomic E-state index is -0.189. The number of hydrogen-bond donors (Lipinski definition) is 1. The van der Waals surface area contributed by atoms with Crippen LogP contribution in [0.3, 0.4) is 0 Å². The van der Waals surface area contributed by atoms with Gasteiger partial charge in [0.25, 0.3) is 6.47 Å². The summed E-state index contributed by atoms with van der Waals surface area (Å²) in [5.41, 5.74) is 1.32. The molecular weight excluding hydrogens is 360 g/mol. The highest BCUT2D eigenvalue weighted by atomic mass is 35.5. The Morgan fingerprint density at radius 2 is 1.77 bits per heavy atom. The molecule has 1 N–H and O–H groups in total. The van der Waals surface area contributed by atoms with Crippen molar-refractivity contribution in [2.24, 2.45) is 0 Å². The molecule has 1 heterocycles. The zero-order valence-corrected chi connectivity index (χ0v) is 15.2. The second kappa shape index (κ2) is 8.40. The number of phenolic OH excluding ortho intramolecular Hbond substituents is 1. The second-order valence-corrected chi connectivity index (χ2v) is 5.63. The molecule has 1 aromatic heterocycles. The molecule has 26 heavy (non-hydrogen) atoms. The maximum absolute atomic E-state index is 12.7. The highest BCUT2D eigenvalue weighted by molar-refractivity contribution is 6.32. The van der Waals surface area contributed by atoms with Crippen LogP contribution in [0.1, 0.15) is 5.76 Å². The van der Waals surface area contributed by atoms with Gasteiger partial charge in [-0.3, -0.25) is 9.59 Å². The average Bonchev–Trinajstić information content (AvgIpc) is 2.64. The van der Waals surface area contributed by atoms with Gasteiger partial charge in [-0.1, -0.05) is 23.7 Å². The summed E-state index contributed by atoms with van der Waals surface area (Å²) in [5.74, 6) is 1.07. The molecule has 0 spiro atoms. The van der Waals surface area contributed by atoms with E-state index in [9.17, 15) is 9.90 Å². The molecule has 0 aliphatic carbocycles. The normalized spacial score (nSPS) is 10.0. The Balaban J connectivity index is 0.000000552. The first kappa shape index (κ1) is 19.3. The number of methoxy groups -OCH3 is 2. The van der Waals surface area contributed by atoms with Crippen LogP contribution in [0.25, 0.3) is 22.1 Å². The van der Waals surface area contributed by atoms with Crippen LogP contribution in [0.15, 0.2) is 45.6 Å². The highest BCUT2D eigenvalue weighted by Gasteiger charge is 2.15. The van der Waals surface area contributed by atoms with Gasteiger partial charge in [-0.15, -0.1) is 0 Å². The maximum Gasteiger partial charge on any atom is 0.292 e. The SMILES string of the molecule is COC=O.COc1ccc(-c2c(C)oc3cc(O)c(Cl)cc3c2=O)cc1. The third-order valence-electron chi connectivity index (χ3n) is 3.61. The zero-order valence-electron chi connectivity index (χ0n) is 14.4. The van der Waals surface area contributed by atoms with Gasteiger partial charge in [0.2, 0.25) is 5.43 Å². The van der Waals surface area contributed by atoms with Gasteiger partial charge in [-0.25, -0.2) is 0 Å². The van der Waals surface area contributed by atoms with Crippen LogP contribution < -0.4 is 10.2 Å². The van der Waals surface area contributed by atoms with Crippen molar-refractivity contribution in [1.29, 1.82) is 0 Å². The Hall–Kier alpha value is -2.99. The van der Waals surface area contributed by atoms with Gasteiger partial charge >= 0.3 is 0 Å². The molecule has 0 saturated heterocycles. The molecule has 0 saturated carbocycles. The molecule has 136 valence electrons. The number of carbonyl (C=O) groups is 1. The first-order valence-electron chi connectivity index (χ1n) is 7.49. The van der Waals surface area contributed by atoms with Crippen LogP contribution in [-0.4, -0.2) is 25.8 Å². The fourth-order valence-electron chi connectivity index (χ4n) is 2.41. The Kier molecular flexibility index (Phi) is 6.25. The molecule has 6 nitrogen and oxygen atoms in total. The van der Waals surface area contributed by atoms with Crippen molar-refractivity contribution in [3.8, 4) is 22.6 Å². The van der Waals surface area contributed by atoms with Crippen molar-refractivity contribution in [3.63, 3.8) is 0 Å². The van der Waals surface area contributed by atoms with E-state index in [-0.39, 0.29) is 16.2 Å². The van der Waals surface area contributed by atoms with E-state index in [1.54, 1.807) is 38.3 Å². The smallest absolute Gasteiger partial charge is 0.292 e. The number of halogens is 1. The monoisotopic (exact) mass is 376 g/mol. The quantitative estimate of drug-likeness (QED) is 0.697. The molecule has 0 atom stereocenters. The summed E-state index contributed by atoms with van der Waals surface area (Å²) in [7, 11) is 2.89. The van der Waals surface area contributed by atoms with E-state index in [2.05, 4.69) is 4.74 Å². The van der Waals surface area contributed by atoms with Crippen molar-refractivity contribution >= 4 is 29.0 Å². The number of rotatable bonds is 3. The number of aryl methyl sites for hydroxylation is 1. The lowest BCUT2D eigenvalue weighted by Gasteiger charge is -2.08. The van der Waals surface area contributed by atoms with Crippen LogP contribution in [-0.2, 0) is 9.53 Å². The average molecular weight is 377 g/mol. The number of carbonyl (C=O) groups excluding carboxylic acids is 1. The lowest BCUT2D eigenvalue weighted by atomic mass is 10.0. The Bertz CT molecular complexity index is 976. The summed E-state index contributed by atoms with van der Waals surface area (Å²) in [5, 5.41) is 10.1. The van der Waals surface area contributed by atoms with E-state index in [1.807, 2.05) is 0 Å². The molecule has 3 aromatic rings. The third-order valence-corrected chi connectivity index (χ3v) is 3.91. The second-order valence-electron chi connectivity index (χ2n) is 5.22. The Morgan fingerprint density at radius 1 is 1.15 bits per heavy atom. The van der Waals surface area contributed by atoms with E-state index >= 15 is 0 Å². The number of fused-ring (bicyclic) bond motifs is 1. The maximum atomic E-state index is 12.7. The van der Waals surface area contributed by atoms with Crippen molar-refractivity contribution in [2.45, 2.75) is 6.92 Å². The van der Waals surface area contributed by atoms with E-state index in [4.69, 9.17) is 25.5 Å². The predicted molar refractivity (Wildman–Crippen MR) is 99.0 cm³/mol. The van der Waals surface area contributed by atoms with Crippen LogP contribution in [0.5, 0.6) is 11.5 Å². The van der Waals surface area contributed by atoms with E-state index < -0.39 is 0 Å². The highest BCUT2D eigenvalue weighted by Crippen LogP contribution is 2.31. The number of hydrogen-bond acceptors (Lipinski definition) is 6. The lowest BCUT2D eigenvalue weighted by molar-refractivity contribution is -0.126. The van der Waals surface area contributed by atoms with Crippen LogP contribution >= 0.6 is 11.6 Å². The topological polar surface area (TPSA) is 86.0 Å². The molecule has 0 radical (unpaired) electrons. The lowest BCUT2D eigenvalue weighted by Crippen LogP contribution is -2.07. The predicted octanol–water partition coefficient (Wildman–Crippen LogP) is 3.93. The number of ether oxygens (including phenoxy) is 2. The summed E-state index contributed by atoms with van der Waals surface area (Å²) < 4.78 is 14.6. The molecule has 0 fully saturated rings. The van der Waals surface area contributed by atoms with E-state index in [0.29, 0.717) is 34.5 Å². The van der Waals surface area contributed by atoms with Crippen molar-refractivity contribution < 1.29 is 23.8 Å². The van der Waals surface area contributed by atoms with Crippen molar-refractivity contribution in [3.05, 3.63) is 57.4 Å². The molecule has 2 aromatic carbocycles. The van der Waals surface area contributed by atoms with Gasteiger partial charge in [0, 0.05) is 6.07 Å². The summed E-state index contributed by atoms with van der Waals surface area (Å²) in [4.78, 5) is 21.7. The minimum absolute atomic E-state index is 0.115. The van der Waals surface area contributed by atoms with Crippen LogP contribution in [0.2, 0.25) is 5.02 Å². The van der Waals surface area contributed by atoms with Gasteiger partial charge in [0.1, 0.15) is 22.8 Å². The van der Waals surface area contributed by atoms with Gasteiger partial charge in [0.15, 0.2) is 0 Å². The van der Waals surface area contributed by atoms with Gasteiger partial charge in [0.05, 0.1) is 30.2 Å². The molecule has 0 amide bonds. The standard InChI is InChI=1S/C17H13ClO4.C2H4O2/c1-9-16(10-3-5-11(21-2)6-4-10)17(20)12-7-13(18)14(19)8-15(12)22-9;1-4-2-3/h3-8,19H,1-2H3;2H,1H3. The fraction of sp³-hybridized carbons (Fsp3) is 0.158. The molecular formula is C19H17ClO6. The first-order valence-corrected chi connectivity index (χ1v) is 7.87. The number of aromatic hydroxyl groups is 1. The van der Waals surface area contributed by atoms with Gasteiger partial charge in [-0.2, -0.15) is 0 Å². The molecule has 0 aliphatic rings. The molecule has 0 aliphatic heterocycles. The van der Waals surface area contributed by atoms with Gasteiger partial charge < -0.3 is 19.0 Å². The largest absolute Gasteiger partial charge is 0.506 e. The Labute approximate surface area is 154 Å².